The monoisotopic (exact) mass is 510 g/mol. The SMILES string of the molecule is COC(=O)C1(C)CCCC2(C)C1CCC13C=C(C(C)C)C(CC21)C1C(=O)N(CN2CCCCC2)C(=O)C13. The molecule has 37 heavy (non-hydrogen) atoms. The lowest BCUT2D eigenvalue weighted by molar-refractivity contribution is -0.196. The summed E-state index contributed by atoms with van der Waals surface area (Å²) < 4.78 is 5.36. The van der Waals surface area contributed by atoms with Crippen LogP contribution in [0.2, 0.25) is 0 Å². The summed E-state index contributed by atoms with van der Waals surface area (Å²) in [6.07, 6.45) is 11.8. The molecule has 1 spiro atoms. The summed E-state index contributed by atoms with van der Waals surface area (Å²) in [5.41, 5.74) is 0.625. The molecule has 7 rings (SSSR count). The number of hydrogen-bond donors (Lipinski definition) is 0. The highest BCUT2D eigenvalue weighted by Gasteiger charge is 2.73. The minimum atomic E-state index is -0.472. The second kappa shape index (κ2) is 8.66. The molecule has 0 aromatic carbocycles. The van der Waals surface area contributed by atoms with Gasteiger partial charge in [-0.3, -0.25) is 24.2 Å². The van der Waals surface area contributed by atoms with Gasteiger partial charge >= 0.3 is 5.97 Å². The molecule has 5 fully saturated rings. The van der Waals surface area contributed by atoms with Crippen molar-refractivity contribution in [2.45, 2.75) is 85.5 Å². The van der Waals surface area contributed by atoms with E-state index in [9.17, 15) is 14.4 Å². The first-order valence-electron chi connectivity index (χ1n) is 15.0. The van der Waals surface area contributed by atoms with Gasteiger partial charge in [-0.2, -0.15) is 0 Å². The van der Waals surface area contributed by atoms with Gasteiger partial charge in [-0.1, -0.05) is 45.3 Å². The molecule has 7 aliphatic rings. The molecule has 6 heteroatoms. The molecule has 5 aliphatic carbocycles. The number of piperidine rings is 1. The van der Waals surface area contributed by atoms with Gasteiger partial charge in [-0.15, -0.1) is 0 Å². The van der Waals surface area contributed by atoms with E-state index < -0.39 is 5.41 Å². The number of amides is 2. The van der Waals surface area contributed by atoms with E-state index in [4.69, 9.17) is 4.74 Å². The van der Waals surface area contributed by atoms with Crippen LogP contribution >= 0.6 is 0 Å². The number of rotatable bonds is 4. The summed E-state index contributed by atoms with van der Waals surface area (Å²) in [7, 11) is 1.52. The van der Waals surface area contributed by atoms with E-state index in [0.29, 0.717) is 18.5 Å². The Labute approximate surface area is 222 Å². The standard InChI is InChI=1S/C31H46N2O4/c1-19(2)21-17-31-13-10-22-29(3,11-9-12-30(22,4)28(36)37-5)23(31)16-20(21)24-25(31)27(35)33(26(24)34)18-32-14-7-6-8-15-32/h17,19-20,22-25H,6-16,18H2,1-5H3. The van der Waals surface area contributed by atoms with Crippen molar-refractivity contribution in [3.8, 4) is 0 Å². The molecule has 204 valence electrons. The molecule has 0 aromatic heterocycles. The number of likely N-dealkylation sites (tertiary alicyclic amines) is 2. The van der Waals surface area contributed by atoms with E-state index in [1.807, 2.05) is 0 Å². The number of ether oxygens (including phenoxy) is 1. The number of esters is 1. The van der Waals surface area contributed by atoms with Crippen molar-refractivity contribution >= 4 is 17.8 Å². The van der Waals surface area contributed by atoms with Crippen LogP contribution in [0.25, 0.3) is 0 Å². The van der Waals surface area contributed by atoms with Gasteiger partial charge in [-0.05, 0) is 94.0 Å². The van der Waals surface area contributed by atoms with Gasteiger partial charge in [0.25, 0.3) is 0 Å². The van der Waals surface area contributed by atoms with Crippen molar-refractivity contribution in [2.24, 2.45) is 51.8 Å². The summed E-state index contributed by atoms with van der Waals surface area (Å²) in [5, 5.41) is 0. The summed E-state index contributed by atoms with van der Waals surface area (Å²) in [6, 6.07) is 0. The molecule has 2 aliphatic heterocycles. The van der Waals surface area contributed by atoms with Gasteiger partial charge in [0.2, 0.25) is 11.8 Å². The van der Waals surface area contributed by atoms with Crippen molar-refractivity contribution in [1.82, 2.24) is 9.80 Å². The van der Waals surface area contributed by atoms with Crippen molar-refractivity contribution in [2.75, 3.05) is 26.9 Å². The Bertz CT molecular complexity index is 1030. The average molecular weight is 511 g/mol. The summed E-state index contributed by atoms with van der Waals surface area (Å²) in [6.45, 7) is 11.5. The van der Waals surface area contributed by atoms with E-state index in [-0.39, 0.29) is 52.3 Å². The van der Waals surface area contributed by atoms with E-state index in [1.54, 1.807) is 4.90 Å². The van der Waals surface area contributed by atoms with Crippen molar-refractivity contribution in [1.29, 1.82) is 0 Å². The van der Waals surface area contributed by atoms with Gasteiger partial charge in [0.15, 0.2) is 0 Å². The fraction of sp³-hybridized carbons (Fsp3) is 0.839. The van der Waals surface area contributed by atoms with E-state index in [1.165, 1.54) is 19.1 Å². The number of fused-ring (bicyclic) bond motifs is 1. The number of carbonyl (C=O) groups excluding carboxylic acids is 3. The summed E-state index contributed by atoms with van der Waals surface area (Å²) in [5.74, 6) is 0.753. The molecule has 3 saturated carbocycles. The molecular weight excluding hydrogens is 464 g/mol. The van der Waals surface area contributed by atoms with E-state index in [0.717, 1.165) is 64.5 Å². The highest BCUT2D eigenvalue weighted by Crippen LogP contribution is 2.74. The van der Waals surface area contributed by atoms with Gasteiger partial charge in [0.1, 0.15) is 0 Å². The molecule has 8 unspecified atom stereocenters. The number of hydrogen-bond acceptors (Lipinski definition) is 5. The second-order valence-electron chi connectivity index (χ2n) is 14.1. The smallest absolute Gasteiger partial charge is 0.311 e. The third kappa shape index (κ3) is 3.36. The number of allylic oxidation sites excluding steroid dienone is 2. The minimum Gasteiger partial charge on any atom is -0.469 e. The molecule has 0 N–H and O–H groups in total. The molecule has 2 saturated heterocycles. The summed E-state index contributed by atoms with van der Waals surface area (Å²) in [4.78, 5) is 45.4. The zero-order valence-electron chi connectivity index (χ0n) is 23.6. The normalized spacial score (nSPS) is 45.4. The van der Waals surface area contributed by atoms with E-state index in [2.05, 4.69) is 38.7 Å². The van der Waals surface area contributed by atoms with Crippen LogP contribution in [0.1, 0.15) is 85.5 Å². The number of imide groups is 1. The maximum absolute atomic E-state index is 14.3. The van der Waals surface area contributed by atoms with Crippen molar-refractivity contribution in [3.05, 3.63) is 11.6 Å². The average Bonchev–Trinajstić information content (AvgIpc) is 3.15. The molecule has 2 bridgehead atoms. The maximum atomic E-state index is 14.3. The Morgan fingerprint density at radius 2 is 1.76 bits per heavy atom. The third-order valence-electron chi connectivity index (χ3n) is 12.2. The Kier molecular flexibility index (Phi) is 5.99. The first kappa shape index (κ1) is 25.6. The molecule has 2 heterocycles. The molecule has 0 radical (unpaired) electrons. The van der Waals surface area contributed by atoms with Crippen LogP contribution in [0.3, 0.4) is 0 Å². The summed E-state index contributed by atoms with van der Waals surface area (Å²) >= 11 is 0. The Hall–Kier alpha value is -1.69. The lowest BCUT2D eigenvalue weighted by Crippen LogP contribution is -2.65. The van der Waals surface area contributed by atoms with Crippen LogP contribution < -0.4 is 0 Å². The highest BCUT2D eigenvalue weighted by atomic mass is 16.5. The Morgan fingerprint density at radius 3 is 2.43 bits per heavy atom. The predicted octanol–water partition coefficient (Wildman–Crippen LogP) is 5.03. The molecule has 6 nitrogen and oxygen atoms in total. The van der Waals surface area contributed by atoms with Crippen LogP contribution in [0.5, 0.6) is 0 Å². The quantitative estimate of drug-likeness (QED) is 0.302. The first-order chi connectivity index (χ1) is 17.6. The Balaban J connectivity index is 1.41. The zero-order valence-corrected chi connectivity index (χ0v) is 23.6. The lowest BCUT2D eigenvalue weighted by Gasteiger charge is -2.68. The van der Waals surface area contributed by atoms with Crippen LogP contribution in [-0.2, 0) is 19.1 Å². The third-order valence-corrected chi connectivity index (χ3v) is 12.2. The van der Waals surface area contributed by atoms with Gasteiger partial charge in [0.05, 0.1) is 31.0 Å². The molecule has 2 amide bonds. The predicted molar refractivity (Wildman–Crippen MR) is 141 cm³/mol. The van der Waals surface area contributed by atoms with E-state index >= 15 is 0 Å². The van der Waals surface area contributed by atoms with Crippen molar-refractivity contribution in [3.63, 3.8) is 0 Å². The number of methoxy groups -OCH3 is 1. The fourth-order valence-corrected chi connectivity index (χ4v) is 10.7. The van der Waals surface area contributed by atoms with Crippen LogP contribution in [0, 0.1) is 51.8 Å². The van der Waals surface area contributed by atoms with Crippen LogP contribution in [-0.4, -0.2) is 54.5 Å². The topological polar surface area (TPSA) is 66.9 Å². The second-order valence-corrected chi connectivity index (χ2v) is 14.1. The fourth-order valence-electron chi connectivity index (χ4n) is 10.7. The minimum absolute atomic E-state index is 0.0364. The largest absolute Gasteiger partial charge is 0.469 e. The molecular formula is C31H46N2O4. The Morgan fingerprint density at radius 1 is 1.03 bits per heavy atom. The zero-order chi connectivity index (χ0) is 26.3. The van der Waals surface area contributed by atoms with Crippen molar-refractivity contribution < 1.29 is 19.1 Å². The highest BCUT2D eigenvalue weighted by molar-refractivity contribution is 6.06. The number of nitrogens with zero attached hydrogens (tertiary/aromatic N) is 2. The molecule has 8 atom stereocenters. The first-order valence-corrected chi connectivity index (χ1v) is 15.0. The van der Waals surface area contributed by atoms with Crippen LogP contribution in [0.4, 0.5) is 0 Å². The van der Waals surface area contributed by atoms with Gasteiger partial charge < -0.3 is 4.74 Å². The number of carbonyl (C=O) groups is 3. The lowest BCUT2D eigenvalue weighted by atomic mass is 9.34. The van der Waals surface area contributed by atoms with Gasteiger partial charge in [0, 0.05) is 5.41 Å². The van der Waals surface area contributed by atoms with Gasteiger partial charge in [-0.25, -0.2) is 0 Å². The maximum Gasteiger partial charge on any atom is 0.311 e. The van der Waals surface area contributed by atoms with Crippen LogP contribution in [0.15, 0.2) is 11.6 Å². The molecule has 0 aromatic rings.